The van der Waals surface area contributed by atoms with Crippen LogP contribution < -0.4 is 0 Å². The van der Waals surface area contributed by atoms with Crippen molar-refractivity contribution in [1.29, 1.82) is 0 Å². The Morgan fingerprint density at radius 1 is 1.46 bits per heavy atom. The molecular formula is C17H18F3NO3. The monoisotopic (exact) mass is 341 g/mol. The molecule has 1 N–H and O–H groups in total. The van der Waals surface area contributed by atoms with Crippen LogP contribution in [0.25, 0.3) is 0 Å². The van der Waals surface area contributed by atoms with Crippen LogP contribution >= 0.6 is 0 Å². The molecule has 2 atom stereocenters. The molecule has 0 aromatic heterocycles. The fourth-order valence-electron chi connectivity index (χ4n) is 2.76. The zero-order valence-corrected chi connectivity index (χ0v) is 12.9. The Morgan fingerprint density at radius 3 is 2.88 bits per heavy atom. The van der Waals surface area contributed by atoms with E-state index in [2.05, 4.69) is 5.92 Å². The molecule has 0 radical (unpaired) electrons. The van der Waals surface area contributed by atoms with Gasteiger partial charge in [0.2, 0.25) is 5.91 Å². The average Bonchev–Trinajstić information content (AvgIpc) is 2.93. The largest absolute Gasteiger partial charge is 0.416 e. The summed E-state index contributed by atoms with van der Waals surface area (Å²) in [7, 11) is 0. The molecule has 2 rings (SSSR count). The van der Waals surface area contributed by atoms with Gasteiger partial charge >= 0.3 is 6.18 Å². The highest BCUT2D eigenvalue weighted by Crippen LogP contribution is 2.36. The number of amides is 1. The third kappa shape index (κ3) is 4.49. The van der Waals surface area contributed by atoms with E-state index in [1.54, 1.807) is 0 Å². The van der Waals surface area contributed by atoms with Crippen molar-refractivity contribution in [1.82, 2.24) is 4.90 Å². The second kappa shape index (κ2) is 7.69. The van der Waals surface area contributed by atoms with Gasteiger partial charge in [-0.3, -0.25) is 4.79 Å². The molecule has 4 nitrogen and oxygen atoms in total. The highest BCUT2D eigenvalue weighted by atomic mass is 19.4. The van der Waals surface area contributed by atoms with Crippen molar-refractivity contribution in [2.45, 2.75) is 31.2 Å². The lowest BCUT2D eigenvalue weighted by atomic mass is 10.0. The van der Waals surface area contributed by atoms with Crippen LogP contribution in [0.3, 0.4) is 0 Å². The summed E-state index contributed by atoms with van der Waals surface area (Å²) < 4.78 is 43.6. The van der Waals surface area contributed by atoms with Crippen LogP contribution in [0.1, 0.15) is 30.0 Å². The molecule has 2 unspecified atom stereocenters. The van der Waals surface area contributed by atoms with Crippen molar-refractivity contribution >= 4 is 5.91 Å². The number of likely N-dealkylation sites (tertiary alicyclic amines) is 1. The van der Waals surface area contributed by atoms with Gasteiger partial charge in [0.05, 0.1) is 30.7 Å². The zero-order chi connectivity index (χ0) is 17.7. The molecule has 1 amide bonds. The number of nitrogens with zero attached hydrogens (tertiary/aromatic N) is 1. The zero-order valence-electron chi connectivity index (χ0n) is 12.9. The normalized spacial score (nSPS) is 20.9. The van der Waals surface area contributed by atoms with Gasteiger partial charge in [0.25, 0.3) is 0 Å². The van der Waals surface area contributed by atoms with E-state index in [1.807, 2.05) is 0 Å². The van der Waals surface area contributed by atoms with Crippen LogP contribution in [0.5, 0.6) is 0 Å². The number of rotatable bonds is 5. The molecule has 1 aromatic carbocycles. The fraction of sp³-hybridized carbons (Fsp3) is 0.471. The quantitative estimate of drug-likeness (QED) is 0.661. The number of benzene rings is 1. The van der Waals surface area contributed by atoms with Crippen LogP contribution in [-0.2, 0) is 15.7 Å². The van der Waals surface area contributed by atoms with E-state index in [-0.39, 0.29) is 38.5 Å². The van der Waals surface area contributed by atoms with Crippen LogP contribution in [0, 0.1) is 12.3 Å². The molecule has 0 aliphatic carbocycles. The van der Waals surface area contributed by atoms with Gasteiger partial charge in [-0.2, -0.15) is 13.2 Å². The number of halogens is 3. The lowest BCUT2D eigenvalue weighted by Gasteiger charge is -2.25. The van der Waals surface area contributed by atoms with Gasteiger partial charge in [-0.05, 0) is 24.1 Å². The van der Waals surface area contributed by atoms with Gasteiger partial charge in [0.1, 0.15) is 6.61 Å². The standard InChI is InChI=1S/C17H18F3NO3/c1-2-7-24-8-6-16(23)21-11-14(22)10-15(21)12-4-3-5-13(9-12)17(18,19)20/h1,3-5,9,14-15,22H,6-8,10-11H2. The van der Waals surface area contributed by atoms with Gasteiger partial charge in [0, 0.05) is 6.54 Å². The summed E-state index contributed by atoms with van der Waals surface area (Å²) in [6.07, 6.45) is 0.0867. The third-order valence-corrected chi connectivity index (χ3v) is 3.84. The maximum atomic E-state index is 12.9. The van der Waals surface area contributed by atoms with Crippen LogP contribution in [0.4, 0.5) is 13.2 Å². The van der Waals surface area contributed by atoms with Crippen molar-refractivity contribution in [3.05, 3.63) is 35.4 Å². The molecule has 0 bridgehead atoms. The minimum absolute atomic E-state index is 0.0594. The third-order valence-electron chi connectivity index (χ3n) is 3.84. The topological polar surface area (TPSA) is 49.8 Å². The summed E-state index contributed by atoms with van der Waals surface area (Å²) in [6, 6.07) is 4.27. The van der Waals surface area contributed by atoms with E-state index < -0.39 is 23.9 Å². The first-order valence-corrected chi connectivity index (χ1v) is 7.49. The number of hydrogen-bond donors (Lipinski definition) is 1. The SMILES string of the molecule is C#CCOCCC(=O)N1CC(O)CC1c1cccc(C(F)(F)F)c1. The summed E-state index contributed by atoms with van der Waals surface area (Å²) in [6.45, 7) is 0.312. The van der Waals surface area contributed by atoms with Crippen molar-refractivity contribution in [3.8, 4) is 12.3 Å². The van der Waals surface area contributed by atoms with Gasteiger partial charge < -0.3 is 14.7 Å². The average molecular weight is 341 g/mol. The summed E-state index contributed by atoms with van der Waals surface area (Å²) in [5.41, 5.74) is -0.412. The number of alkyl halides is 3. The van der Waals surface area contributed by atoms with Gasteiger partial charge in [-0.25, -0.2) is 0 Å². The lowest BCUT2D eigenvalue weighted by molar-refractivity contribution is -0.137. The molecule has 1 heterocycles. The van der Waals surface area contributed by atoms with Crippen LogP contribution in [-0.4, -0.2) is 41.8 Å². The summed E-state index contributed by atoms with van der Waals surface area (Å²) in [4.78, 5) is 13.7. The lowest BCUT2D eigenvalue weighted by Crippen LogP contribution is -2.32. The van der Waals surface area contributed by atoms with E-state index in [4.69, 9.17) is 11.2 Å². The Kier molecular flexibility index (Phi) is 5.86. The Labute approximate surface area is 138 Å². The molecule has 0 spiro atoms. The Bertz CT molecular complexity index is 624. The number of terminal acetylenes is 1. The van der Waals surface area contributed by atoms with E-state index in [1.165, 1.54) is 17.0 Å². The molecule has 1 aliphatic rings. The predicted molar refractivity (Wildman–Crippen MR) is 80.8 cm³/mol. The smallest absolute Gasteiger partial charge is 0.391 e. The van der Waals surface area contributed by atoms with Crippen LogP contribution in [0.2, 0.25) is 0 Å². The predicted octanol–water partition coefficient (Wildman–Crippen LogP) is 2.38. The van der Waals surface area contributed by atoms with Gasteiger partial charge in [-0.15, -0.1) is 6.42 Å². The minimum Gasteiger partial charge on any atom is -0.391 e. The summed E-state index contributed by atoms with van der Waals surface area (Å²) in [5, 5.41) is 9.85. The van der Waals surface area contributed by atoms with E-state index >= 15 is 0 Å². The molecule has 1 aliphatic heterocycles. The first-order chi connectivity index (χ1) is 11.3. The Morgan fingerprint density at radius 2 is 2.21 bits per heavy atom. The molecule has 24 heavy (non-hydrogen) atoms. The Balaban J connectivity index is 2.13. The van der Waals surface area contributed by atoms with E-state index in [9.17, 15) is 23.1 Å². The van der Waals surface area contributed by atoms with Crippen molar-refractivity contribution in [3.63, 3.8) is 0 Å². The first kappa shape index (κ1) is 18.3. The van der Waals surface area contributed by atoms with Gasteiger partial charge in [-0.1, -0.05) is 18.1 Å². The molecule has 7 heteroatoms. The molecule has 0 saturated carbocycles. The highest BCUT2D eigenvalue weighted by molar-refractivity contribution is 5.77. The van der Waals surface area contributed by atoms with Crippen molar-refractivity contribution < 1.29 is 27.8 Å². The second-order valence-electron chi connectivity index (χ2n) is 5.58. The minimum atomic E-state index is -4.45. The molecular weight excluding hydrogens is 323 g/mol. The number of carbonyl (C=O) groups is 1. The molecule has 130 valence electrons. The van der Waals surface area contributed by atoms with Gasteiger partial charge in [0.15, 0.2) is 0 Å². The van der Waals surface area contributed by atoms with E-state index in [0.717, 1.165) is 12.1 Å². The number of aliphatic hydroxyl groups is 1. The molecule has 1 aromatic rings. The Hall–Kier alpha value is -2.04. The first-order valence-electron chi connectivity index (χ1n) is 7.49. The second-order valence-corrected chi connectivity index (χ2v) is 5.58. The summed E-state index contributed by atoms with van der Waals surface area (Å²) >= 11 is 0. The maximum Gasteiger partial charge on any atom is 0.416 e. The molecule has 1 saturated heterocycles. The number of β-amino-alcohol motifs (C(OH)–C–C–N with tert-alkyl or cyclic N) is 1. The van der Waals surface area contributed by atoms with Crippen LogP contribution in [0.15, 0.2) is 24.3 Å². The summed E-state index contributed by atoms with van der Waals surface area (Å²) in [5.74, 6) is 1.99. The number of aliphatic hydroxyl groups excluding tert-OH is 1. The maximum absolute atomic E-state index is 12.9. The fourth-order valence-corrected chi connectivity index (χ4v) is 2.76. The highest BCUT2D eigenvalue weighted by Gasteiger charge is 2.37. The van der Waals surface area contributed by atoms with Crippen molar-refractivity contribution in [2.24, 2.45) is 0 Å². The number of carbonyl (C=O) groups excluding carboxylic acids is 1. The number of hydrogen-bond acceptors (Lipinski definition) is 3. The molecule has 1 fully saturated rings. The van der Waals surface area contributed by atoms with Crippen molar-refractivity contribution in [2.75, 3.05) is 19.8 Å². The van der Waals surface area contributed by atoms with E-state index in [0.29, 0.717) is 5.56 Å². The number of ether oxygens (including phenoxy) is 1.